The second-order valence-electron chi connectivity index (χ2n) is 5.54. The number of ether oxygens (including phenoxy) is 1. The number of nitrogens with zero attached hydrogens (tertiary/aromatic N) is 1. The summed E-state index contributed by atoms with van der Waals surface area (Å²) >= 11 is 6.05. The number of benzene rings is 1. The van der Waals surface area contributed by atoms with Crippen molar-refractivity contribution in [1.82, 2.24) is 10.6 Å². The summed E-state index contributed by atoms with van der Waals surface area (Å²) in [6.45, 7) is 6.74. The largest absolute Gasteiger partial charge is 0.382 e. The number of guanidine groups is 1. The molecule has 0 aliphatic carbocycles. The lowest BCUT2D eigenvalue weighted by atomic mass is 10.2. The molecule has 8 heteroatoms. The molecule has 0 spiro atoms. The van der Waals surface area contributed by atoms with Crippen LogP contribution in [-0.4, -0.2) is 45.2 Å². The van der Waals surface area contributed by atoms with Crippen LogP contribution in [0.5, 0.6) is 0 Å². The number of aliphatic imine (C=N–C) groups is 1. The summed E-state index contributed by atoms with van der Waals surface area (Å²) < 4.78 is 5.30. The quantitative estimate of drug-likeness (QED) is 0.200. The summed E-state index contributed by atoms with van der Waals surface area (Å²) in [4.78, 5) is 16.2. The molecule has 1 amide bonds. The highest BCUT2D eigenvalue weighted by Crippen LogP contribution is 2.22. The highest BCUT2D eigenvalue weighted by Gasteiger charge is 2.07. The molecule has 0 aromatic heterocycles. The molecule has 0 aliphatic heterocycles. The summed E-state index contributed by atoms with van der Waals surface area (Å²) in [6, 6.07) is 5.47. The van der Waals surface area contributed by atoms with Crippen molar-refractivity contribution in [2.75, 3.05) is 38.7 Å². The van der Waals surface area contributed by atoms with Gasteiger partial charge in [-0.1, -0.05) is 17.7 Å². The molecule has 0 saturated heterocycles. The van der Waals surface area contributed by atoms with Crippen LogP contribution in [0, 0.1) is 6.92 Å². The number of nitrogens with one attached hydrogen (secondary N) is 3. The molecule has 0 heterocycles. The van der Waals surface area contributed by atoms with Crippen LogP contribution in [0.25, 0.3) is 0 Å². The van der Waals surface area contributed by atoms with Gasteiger partial charge in [0.15, 0.2) is 5.96 Å². The highest BCUT2D eigenvalue weighted by atomic mass is 127. The van der Waals surface area contributed by atoms with Crippen molar-refractivity contribution < 1.29 is 9.53 Å². The maximum Gasteiger partial charge on any atom is 0.226 e. The van der Waals surface area contributed by atoms with Crippen LogP contribution in [0.1, 0.15) is 31.7 Å². The summed E-state index contributed by atoms with van der Waals surface area (Å²) in [6.07, 6.45) is 2.37. The average Bonchev–Trinajstić information content (AvgIpc) is 2.60. The van der Waals surface area contributed by atoms with Gasteiger partial charge < -0.3 is 20.7 Å². The molecule has 1 rings (SSSR count). The minimum Gasteiger partial charge on any atom is -0.382 e. The SMILES string of the molecule is CCOCCCCNC(=NC)NCCC(=O)Nc1cccc(Cl)c1C.I. The molecule has 3 N–H and O–H groups in total. The molecule has 0 radical (unpaired) electrons. The number of hydrogen-bond acceptors (Lipinski definition) is 3. The van der Waals surface area contributed by atoms with Gasteiger partial charge in [0.05, 0.1) is 0 Å². The Hall–Kier alpha value is -1.06. The van der Waals surface area contributed by atoms with Crippen molar-refractivity contribution in [2.24, 2.45) is 4.99 Å². The zero-order valence-electron chi connectivity index (χ0n) is 15.7. The Balaban J connectivity index is 0.00000625. The Morgan fingerprint density at radius 3 is 2.65 bits per heavy atom. The first kappa shape index (κ1) is 24.9. The molecule has 0 bridgehead atoms. The van der Waals surface area contributed by atoms with Gasteiger partial charge >= 0.3 is 0 Å². The van der Waals surface area contributed by atoms with E-state index < -0.39 is 0 Å². The Kier molecular flexibility index (Phi) is 14.4. The standard InChI is InChI=1S/C18H29ClN4O2.HI/c1-4-25-13-6-5-11-21-18(20-3)22-12-10-17(24)23-16-9-7-8-15(19)14(16)2;/h7-9H,4-6,10-13H2,1-3H3,(H,23,24)(H2,20,21,22);1H. The van der Waals surface area contributed by atoms with E-state index in [1.165, 1.54) is 0 Å². The third-order valence-electron chi connectivity index (χ3n) is 3.62. The molecule has 26 heavy (non-hydrogen) atoms. The van der Waals surface area contributed by atoms with Crippen molar-refractivity contribution in [3.05, 3.63) is 28.8 Å². The van der Waals surface area contributed by atoms with Crippen molar-refractivity contribution in [3.63, 3.8) is 0 Å². The molecule has 1 aromatic rings. The first-order valence-electron chi connectivity index (χ1n) is 8.65. The number of carbonyl (C=O) groups is 1. The zero-order chi connectivity index (χ0) is 18.5. The summed E-state index contributed by atoms with van der Waals surface area (Å²) in [5.41, 5.74) is 1.62. The Labute approximate surface area is 178 Å². The number of amides is 1. The molecule has 0 atom stereocenters. The lowest BCUT2D eigenvalue weighted by Gasteiger charge is -2.12. The van der Waals surface area contributed by atoms with Gasteiger partial charge in [0.1, 0.15) is 0 Å². The van der Waals surface area contributed by atoms with Crippen LogP contribution < -0.4 is 16.0 Å². The minimum atomic E-state index is -0.0648. The lowest BCUT2D eigenvalue weighted by molar-refractivity contribution is -0.116. The normalized spacial score (nSPS) is 10.8. The minimum absolute atomic E-state index is 0. The molecule has 148 valence electrons. The van der Waals surface area contributed by atoms with Crippen molar-refractivity contribution in [2.45, 2.75) is 33.1 Å². The van der Waals surface area contributed by atoms with Gasteiger partial charge in [0.25, 0.3) is 0 Å². The van der Waals surface area contributed by atoms with Gasteiger partial charge in [-0.3, -0.25) is 9.79 Å². The topological polar surface area (TPSA) is 74.8 Å². The van der Waals surface area contributed by atoms with Gasteiger partial charge in [-0.15, -0.1) is 24.0 Å². The van der Waals surface area contributed by atoms with E-state index in [-0.39, 0.29) is 29.9 Å². The van der Waals surface area contributed by atoms with E-state index in [4.69, 9.17) is 16.3 Å². The van der Waals surface area contributed by atoms with Crippen LogP contribution in [-0.2, 0) is 9.53 Å². The van der Waals surface area contributed by atoms with Crippen LogP contribution >= 0.6 is 35.6 Å². The fraction of sp³-hybridized carbons (Fsp3) is 0.556. The first-order chi connectivity index (χ1) is 12.1. The van der Waals surface area contributed by atoms with Crippen LogP contribution in [0.15, 0.2) is 23.2 Å². The van der Waals surface area contributed by atoms with Gasteiger partial charge in [-0.05, 0) is 44.4 Å². The molecular weight excluding hydrogens is 467 g/mol. The van der Waals surface area contributed by atoms with Crippen molar-refractivity contribution in [3.8, 4) is 0 Å². The lowest BCUT2D eigenvalue weighted by Crippen LogP contribution is -2.39. The van der Waals surface area contributed by atoms with E-state index >= 15 is 0 Å². The average molecular weight is 497 g/mol. The van der Waals surface area contributed by atoms with Gasteiger partial charge in [-0.2, -0.15) is 0 Å². The number of anilines is 1. The molecule has 0 unspecified atom stereocenters. The molecule has 6 nitrogen and oxygen atoms in total. The van der Waals surface area contributed by atoms with Gasteiger partial charge in [0.2, 0.25) is 5.91 Å². The monoisotopic (exact) mass is 496 g/mol. The van der Waals surface area contributed by atoms with E-state index in [0.717, 1.165) is 43.9 Å². The Morgan fingerprint density at radius 2 is 1.96 bits per heavy atom. The second-order valence-corrected chi connectivity index (χ2v) is 5.95. The summed E-state index contributed by atoms with van der Waals surface area (Å²) in [5.74, 6) is 0.633. The van der Waals surface area contributed by atoms with Crippen molar-refractivity contribution >= 4 is 53.1 Å². The van der Waals surface area contributed by atoms with E-state index in [2.05, 4.69) is 20.9 Å². The molecule has 0 saturated carbocycles. The Morgan fingerprint density at radius 1 is 1.23 bits per heavy atom. The van der Waals surface area contributed by atoms with Crippen LogP contribution in [0.2, 0.25) is 5.02 Å². The Bertz CT molecular complexity index is 570. The predicted molar refractivity (Wildman–Crippen MR) is 120 cm³/mol. The van der Waals surface area contributed by atoms with Crippen LogP contribution in [0.3, 0.4) is 0 Å². The zero-order valence-corrected chi connectivity index (χ0v) is 18.8. The maximum absolute atomic E-state index is 12.0. The smallest absolute Gasteiger partial charge is 0.226 e. The highest BCUT2D eigenvalue weighted by molar-refractivity contribution is 14.0. The number of halogens is 2. The molecule has 0 fully saturated rings. The second kappa shape index (κ2) is 15.0. The fourth-order valence-corrected chi connectivity index (χ4v) is 2.33. The number of carbonyl (C=O) groups excluding carboxylic acids is 1. The van der Waals surface area contributed by atoms with Gasteiger partial charge in [-0.25, -0.2) is 0 Å². The van der Waals surface area contributed by atoms with E-state index in [0.29, 0.717) is 23.9 Å². The molecular formula is C18H30ClIN4O2. The molecule has 0 aliphatic rings. The van der Waals surface area contributed by atoms with Gasteiger partial charge in [0, 0.05) is 50.5 Å². The summed E-state index contributed by atoms with van der Waals surface area (Å²) in [5, 5.41) is 9.88. The third-order valence-corrected chi connectivity index (χ3v) is 4.03. The number of hydrogen-bond donors (Lipinski definition) is 3. The van der Waals surface area contributed by atoms with E-state index in [1.54, 1.807) is 13.1 Å². The number of unbranched alkanes of at least 4 members (excludes halogenated alkanes) is 1. The third kappa shape index (κ3) is 10.2. The first-order valence-corrected chi connectivity index (χ1v) is 9.03. The van der Waals surface area contributed by atoms with Crippen molar-refractivity contribution in [1.29, 1.82) is 0 Å². The predicted octanol–water partition coefficient (Wildman–Crippen LogP) is 3.58. The maximum atomic E-state index is 12.0. The molecule has 1 aromatic carbocycles. The van der Waals surface area contributed by atoms with E-state index in [9.17, 15) is 4.79 Å². The summed E-state index contributed by atoms with van der Waals surface area (Å²) in [7, 11) is 1.71. The fourth-order valence-electron chi connectivity index (χ4n) is 2.15. The van der Waals surface area contributed by atoms with Crippen LogP contribution in [0.4, 0.5) is 5.69 Å². The number of rotatable bonds is 10. The van der Waals surface area contributed by atoms with E-state index in [1.807, 2.05) is 26.0 Å².